The fourth-order valence-electron chi connectivity index (χ4n) is 4.10. The Morgan fingerprint density at radius 2 is 1.96 bits per heavy atom. The Kier molecular flexibility index (Phi) is 6.96. The monoisotopic (exact) mass is 344 g/mol. The van der Waals surface area contributed by atoms with Crippen molar-refractivity contribution < 1.29 is 0 Å². The van der Waals surface area contributed by atoms with Crippen LogP contribution in [0.25, 0.3) is 0 Å². The molecule has 0 aromatic heterocycles. The number of nitrogens with zero attached hydrogens (tertiary/aromatic N) is 1. The van der Waals surface area contributed by atoms with Crippen LogP contribution in [0.3, 0.4) is 0 Å². The van der Waals surface area contributed by atoms with Gasteiger partial charge in [0.05, 0.1) is 0 Å². The molecule has 142 valence electrons. The molecule has 0 bridgehead atoms. The molecule has 2 nitrogen and oxygen atoms in total. The Hall–Kier alpha value is -1.02. The van der Waals surface area contributed by atoms with Crippen LogP contribution in [-0.4, -0.2) is 30.1 Å². The molecule has 1 N–H and O–H groups in total. The molecule has 2 rings (SSSR count). The molecule has 0 spiro atoms. The summed E-state index contributed by atoms with van der Waals surface area (Å²) < 4.78 is 0. The van der Waals surface area contributed by atoms with Crippen molar-refractivity contribution in [2.75, 3.05) is 25.0 Å². The molecule has 0 radical (unpaired) electrons. The van der Waals surface area contributed by atoms with Crippen LogP contribution in [0, 0.1) is 5.92 Å². The first-order chi connectivity index (χ1) is 11.7. The summed E-state index contributed by atoms with van der Waals surface area (Å²) in [4.78, 5) is 2.69. The maximum absolute atomic E-state index is 3.63. The van der Waals surface area contributed by atoms with Crippen LogP contribution in [-0.2, 0) is 5.41 Å². The highest BCUT2D eigenvalue weighted by Gasteiger charge is 2.37. The van der Waals surface area contributed by atoms with Gasteiger partial charge >= 0.3 is 0 Å². The number of unbranched alkanes of at least 4 members (excludes halogenated alkanes) is 3. The van der Waals surface area contributed by atoms with E-state index < -0.39 is 0 Å². The lowest BCUT2D eigenvalue weighted by Gasteiger charge is -2.45. The van der Waals surface area contributed by atoms with Crippen molar-refractivity contribution >= 4 is 5.69 Å². The second kappa shape index (κ2) is 8.58. The highest BCUT2D eigenvalue weighted by molar-refractivity contribution is 5.49. The molecular weight excluding hydrogens is 304 g/mol. The summed E-state index contributed by atoms with van der Waals surface area (Å²) in [7, 11) is 0. The van der Waals surface area contributed by atoms with Gasteiger partial charge < -0.3 is 10.2 Å². The van der Waals surface area contributed by atoms with Crippen molar-refractivity contribution in [2.45, 2.75) is 84.6 Å². The van der Waals surface area contributed by atoms with Crippen LogP contribution in [0.5, 0.6) is 0 Å². The van der Waals surface area contributed by atoms with E-state index in [2.05, 4.69) is 76.0 Å². The molecule has 2 unspecified atom stereocenters. The van der Waals surface area contributed by atoms with E-state index in [1.165, 1.54) is 63.0 Å². The van der Waals surface area contributed by atoms with Gasteiger partial charge in [0.1, 0.15) is 0 Å². The van der Waals surface area contributed by atoms with Crippen molar-refractivity contribution in [2.24, 2.45) is 5.92 Å². The van der Waals surface area contributed by atoms with E-state index in [0.29, 0.717) is 5.92 Å². The number of rotatable bonds is 7. The van der Waals surface area contributed by atoms with E-state index in [-0.39, 0.29) is 11.0 Å². The zero-order chi connectivity index (χ0) is 18.5. The molecular formula is C23H40N2. The van der Waals surface area contributed by atoms with Gasteiger partial charge in [-0.25, -0.2) is 0 Å². The molecule has 0 saturated carbocycles. The van der Waals surface area contributed by atoms with Crippen LogP contribution < -0.4 is 5.32 Å². The summed E-state index contributed by atoms with van der Waals surface area (Å²) in [5.41, 5.74) is 3.14. The zero-order valence-electron chi connectivity index (χ0n) is 17.5. The van der Waals surface area contributed by atoms with Gasteiger partial charge in [-0.1, -0.05) is 52.2 Å². The fraction of sp³-hybridized carbons (Fsp3) is 0.739. The van der Waals surface area contributed by atoms with Gasteiger partial charge in [-0.15, -0.1) is 0 Å². The molecule has 0 aliphatic carbocycles. The van der Waals surface area contributed by atoms with Crippen molar-refractivity contribution in [3.8, 4) is 0 Å². The molecule has 1 aromatic rings. The van der Waals surface area contributed by atoms with Gasteiger partial charge in [0.25, 0.3) is 0 Å². The minimum atomic E-state index is 0.104. The maximum Gasteiger partial charge on any atom is 0.0347 e. The number of likely N-dealkylation sites (tertiary alicyclic amines) is 1. The lowest BCUT2D eigenvalue weighted by molar-refractivity contribution is 0.109. The van der Waals surface area contributed by atoms with E-state index >= 15 is 0 Å². The number of piperidine rings is 1. The van der Waals surface area contributed by atoms with Crippen LogP contribution in [0.15, 0.2) is 24.3 Å². The molecule has 25 heavy (non-hydrogen) atoms. The first kappa shape index (κ1) is 20.3. The number of nitrogens with one attached hydrogen (secondary N) is 1. The average Bonchev–Trinajstić information content (AvgIpc) is 2.53. The minimum Gasteiger partial charge on any atom is -0.380 e. The molecule has 0 amide bonds. The van der Waals surface area contributed by atoms with Crippen molar-refractivity contribution in [3.05, 3.63) is 29.8 Å². The molecule has 1 saturated heterocycles. The van der Waals surface area contributed by atoms with Crippen LogP contribution >= 0.6 is 0 Å². The van der Waals surface area contributed by atoms with Crippen LogP contribution in [0.1, 0.15) is 79.2 Å². The zero-order valence-corrected chi connectivity index (χ0v) is 17.5. The Balaban J connectivity index is 2.01. The predicted molar refractivity (Wildman–Crippen MR) is 112 cm³/mol. The summed E-state index contributed by atoms with van der Waals surface area (Å²) >= 11 is 0. The second-order valence-electron chi connectivity index (χ2n) is 9.39. The molecule has 2 atom stereocenters. The Bertz CT molecular complexity index is 531. The maximum atomic E-state index is 3.63. The first-order valence-corrected chi connectivity index (χ1v) is 10.4. The largest absolute Gasteiger partial charge is 0.380 e. The Labute approximate surface area is 156 Å². The van der Waals surface area contributed by atoms with E-state index in [0.717, 1.165) is 0 Å². The third kappa shape index (κ3) is 5.74. The summed E-state index contributed by atoms with van der Waals surface area (Å²) in [5, 5.41) is 3.63. The lowest BCUT2D eigenvalue weighted by Crippen LogP contribution is -2.47. The minimum absolute atomic E-state index is 0.104. The van der Waals surface area contributed by atoms with Gasteiger partial charge in [-0.3, -0.25) is 0 Å². The highest BCUT2D eigenvalue weighted by atomic mass is 15.1. The average molecular weight is 345 g/mol. The predicted octanol–water partition coefficient (Wildman–Crippen LogP) is 6.08. The van der Waals surface area contributed by atoms with Crippen molar-refractivity contribution in [1.29, 1.82) is 0 Å². The summed E-state index contributed by atoms with van der Waals surface area (Å²) in [6.45, 7) is 17.6. The SMILES string of the molecule is CCCCCCN1CCC(C)(c2cccc(NC(C)(C)C)c2)C(C)C1. The van der Waals surface area contributed by atoms with Gasteiger partial charge in [-0.05, 0) is 75.7 Å². The number of hydrogen-bond donors (Lipinski definition) is 1. The van der Waals surface area contributed by atoms with Crippen LogP contribution in [0.2, 0.25) is 0 Å². The smallest absolute Gasteiger partial charge is 0.0347 e. The molecule has 1 heterocycles. The van der Waals surface area contributed by atoms with Crippen LogP contribution in [0.4, 0.5) is 5.69 Å². The molecule has 1 aliphatic rings. The van der Waals surface area contributed by atoms with E-state index in [9.17, 15) is 0 Å². The van der Waals surface area contributed by atoms with Crippen molar-refractivity contribution in [1.82, 2.24) is 4.90 Å². The Morgan fingerprint density at radius 1 is 1.20 bits per heavy atom. The third-order valence-corrected chi connectivity index (χ3v) is 5.94. The lowest BCUT2D eigenvalue weighted by atomic mass is 9.68. The van der Waals surface area contributed by atoms with Gasteiger partial charge in [0.2, 0.25) is 0 Å². The molecule has 2 heteroatoms. The summed E-state index contributed by atoms with van der Waals surface area (Å²) in [5.74, 6) is 0.692. The standard InChI is InChI=1S/C23H40N2/c1-7-8-9-10-15-25-16-14-23(6,19(2)18-25)20-12-11-13-21(17-20)24-22(3,4)5/h11-13,17,19,24H,7-10,14-16,18H2,1-6H3. The van der Waals surface area contributed by atoms with Gasteiger partial charge in [0, 0.05) is 17.8 Å². The topological polar surface area (TPSA) is 15.3 Å². The number of hydrogen-bond acceptors (Lipinski definition) is 2. The Morgan fingerprint density at radius 3 is 2.60 bits per heavy atom. The number of benzene rings is 1. The van der Waals surface area contributed by atoms with E-state index in [1.807, 2.05) is 0 Å². The van der Waals surface area contributed by atoms with E-state index in [4.69, 9.17) is 0 Å². The fourth-order valence-corrected chi connectivity index (χ4v) is 4.10. The normalized spacial score (nSPS) is 25.1. The number of anilines is 1. The third-order valence-electron chi connectivity index (χ3n) is 5.94. The second-order valence-corrected chi connectivity index (χ2v) is 9.39. The first-order valence-electron chi connectivity index (χ1n) is 10.4. The molecule has 1 aromatic carbocycles. The van der Waals surface area contributed by atoms with E-state index in [1.54, 1.807) is 0 Å². The summed E-state index contributed by atoms with van der Waals surface area (Å²) in [6.07, 6.45) is 6.73. The highest BCUT2D eigenvalue weighted by Crippen LogP contribution is 2.40. The quantitative estimate of drug-likeness (QED) is 0.603. The van der Waals surface area contributed by atoms with Crippen molar-refractivity contribution in [3.63, 3.8) is 0 Å². The van der Waals surface area contributed by atoms with Gasteiger partial charge in [-0.2, -0.15) is 0 Å². The van der Waals surface area contributed by atoms with Gasteiger partial charge in [0.15, 0.2) is 0 Å². The summed E-state index contributed by atoms with van der Waals surface area (Å²) in [6, 6.07) is 9.14. The molecule has 1 fully saturated rings. The molecule has 1 aliphatic heterocycles.